The summed E-state index contributed by atoms with van der Waals surface area (Å²) in [5.74, 6) is -0.220. The number of benzene rings is 1. The van der Waals surface area contributed by atoms with Gasteiger partial charge >= 0.3 is 0 Å². The third-order valence-corrected chi connectivity index (χ3v) is 3.88. The summed E-state index contributed by atoms with van der Waals surface area (Å²) >= 11 is 0. The molecule has 0 aliphatic carbocycles. The van der Waals surface area contributed by atoms with E-state index < -0.39 is 5.54 Å². The Bertz CT molecular complexity index is 436. The third-order valence-electron chi connectivity index (χ3n) is 3.88. The second-order valence-electron chi connectivity index (χ2n) is 4.92. The van der Waals surface area contributed by atoms with Crippen LogP contribution < -0.4 is 0 Å². The number of carbonyl (C=O) groups excluding carboxylic acids is 1. The van der Waals surface area contributed by atoms with Crippen LogP contribution >= 0.6 is 0 Å². The van der Waals surface area contributed by atoms with Crippen molar-refractivity contribution < 1.29 is 9.18 Å². The highest BCUT2D eigenvalue weighted by Crippen LogP contribution is 2.28. The molecule has 0 unspecified atom stereocenters. The number of halogens is 1. The van der Waals surface area contributed by atoms with Crippen LogP contribution in [0.1, 0.15) is 42.6 Å². The number of Topliss-reactive ketones (excluding diaryl/α,β-unsaturated/α-hetero) is 1. The fraction of sp³-hybridized carbons (Fsp3) is 0.533. The average Bonchev–Trinajstić information content (AvgIpc) is 2.30. The Hall–Kier alpha value is -1.22. The van der Waals surface area contributed by atoms with Crippen molar-refractivity contribution >= 4 is 5.78 Å². The van der Waals surface area contributed by atoms with Crippen molar-refractivity contribution in [1.29, 1.82) is 0 Å². The number of nitrogens with zero attached hydrogens (tertiary/aromatic N) is 1. The molecule has 0 atom stereocenters. The van der Waals surface area contributed by atoms with E-state index in [4.69, 9.17) is 0 Å². The quantitative estimate of drug-likeness (QED) is 0.747. The summed E-state index contributed by atoms with van der Waals surface area (Å²) in [4.78, 5) is 14.7. The summed E-state index contributed by atoms with van der Waals surface area (Å²) in [7, 11) is 3.84. The van der Waals surface area contributed by atoms with E-state index in [9.17, 15) is 9.18 Å². The second-order valence-corrected chi connectivity index (χ2v) is 4.92. The molecule has 0 spiro atoms. The van der Waals surface area contributed by atoms with Gasteiger partial charge in [0.1, 0.15) is 5.82 Å². The topological polar surface area (TPSA) is 20.3 Å². The van der Waals surface area contributed by atoms with Gasteiger partial charge in [0.15, 0.2) is 5.78 Å². The molecule has 1 aromatic carbocycles. The van der Waals surface area contributed by atoms with Crippen LogP contribution in [0.4, 0.5) is 4.39 Å². The van der Waals surface area contributed by atoms with Crippen LogP contribution in [0.15, 0.2) is 18.2 Å². The van der Waals surface area contributed by atoms with Gasteiger partial charge in [0.05, 0.1) is 5.54 Å². The third kappa shape index (κ3) is 2.46. The molecule has 0 bridgehead atoms. The highest BCUT2D eigenvalue weighted by Gasteiger charge is 2.38. The van der Waals surface area contributed by atoms with Gasteiger partial charge in [-0.3, -0.25) is 9.69 Å². The van der Waals surface area contributed by atoms with E-state index in [2.05, 4.69) is 0 Å². The Morgan fingerprint density at radius 2 is 1.83 bits per heavy atom. The van der Waals surface area contributed by atoms with Gasteiger partial charge in [-0.1, -0.05) is 13.8 Å². The number of ketones is 1. The summed E-state index contributed by atoms with van der Waals surface area (Å²) in [6.07, 6.45) is 1.48. The lowest BCUT2D eigenvalue weighted by Gasteiger charge is -2.37. The highest BCUT2D eigenvalue weighted by molar-refractivity contribution is 6.04. The van der Waals surface area contributed by atoms with E-state index in [1.54, 1.807) is 13.0 Å². The molecule has 0 aromatic heterocycles. The smallest absolute Gasteiger partial charge is 0.183 e. The molecule has 0 N–H and O–H groups in total. The molecule has 0 radical (unpaired) electrons. The number of hydrogen-bond donors (Lipinski definition) is 0. The van der Waals surface area contributed by atoms with Crippen LogP contribution in [0.2, 0.25) is 0 Å². The number of hydrogen-bond acceptors (Lipinski definition) is 2. The minimum Gasteiger partial charge on any atom is -0.297 e. The molecule has 0 aliphatic rings. The van der Waals surface area contributed by atoms with E-state index in [-0.39, 0.29) is 11.6 Å². The first-order valence-electron chi connectivity index (χ1n) is 6.37. The van der Waals surface area contributed by atoms with Crippen molar-refractivity contribution in [2.75, 3.05) is 14.1 Å². The summed E-state index contributed by atoms with van der Waals surface area (Å²) in [5.41, 5.74) is 0.824. The molecule has 0 aliphatic heterocycles. The fourth-order valence-electron chi connectivity index (χ4n) is 2.54. The Morgan fingerprint density at radius 1 is 1.28 bits per heavy atom. The van der Waals surface area contributed by atoms with Crippen molar-refractivity contribution in [2.45, 2.75) is 39.2 Å². The molecule has 1 aromatic rings. The Balaban J connectivity index is 3.26. The molecule has 0 heterocycles. The Kier molecular flexibility index (Phi) is 4.63. The molecule has 0 saturated heterocycles. The van der Waals surface area contributed by atoms with Gasteiger partial charge in [0.25, 0.3) is 0 Å². The predicted octanol–water partition coefficient (Wildman–Crippen LogP) is 3.44. The standard InChI is InChI=1S/C15H22FNO/c1-6-15(7-2,17(4)5)14(18)13-9-8-12(16)10-11(13)3/h8-10H,6-7H2,1-5H3. The molecule has 100 valence electrons. The van der Waals surface area contributed by atoms with Crippen LogP contribution in [0, 0.1) is 12.7 Å². The molecule has 0 saturated carbocycles. The normalized spacial score (nSPS) is 11.9. The summed E-state index contributed by atoms with van der Waals surface area (Å²) in [6, 6.07) is 4.36. The average molecular weight is 251 g/mol. The van der Waals surface area contributed by atoms with Crippen LogP contribution in [0.3, 0.4) is 0 Å². The minimum absolute atomic E-state index is 0.0787. The van der Waals surface area contributed by atoms with E-state index >= 15 is 0 Å². The van der Waals surface area contributed by atoms with Gasteiger partial charge in [-0.25, -0.2) is 4.39 Å². The van der Waals surface area contributed by atoms with E-state index in [1.807, 2.05) is 32.8 Å². The predicted molar refractivity (Wildman–Crippen MR) is 72.5 cm³/mol. The molecule has 1 rings (SSSR count). The van der Waals surface area contributed by atoms with Crippen molar-refractivity contribution in [2.24, 2.45) is 0 Å². The number of rotatable bonds is 5. The maximum absolute atomic E-state index is 13.1. The molecule has 3 heteroatoms. The number of aryl methyl sites for hydroxylation is 1. The van der Waals surface area contributed by atoms with Crippen molar-refractivity contribution in [3.8, 4) is 0 Å². The first kappa shape index (κ1) is 14.8. The first-order chi connectivity index (χ1) is 8.39. The second kappa shape index (κ2) is 5.61. The van der Waals surface area contributed by atoms with Crippen LogP contribution in [-0.4, -0.2) is 30.3 Å². The van der Waals surface area contributed by atoms with E-state index in [1.165, 1.54) is 12.1 Å². The monoisotopic (exact) mass is 251 g/mol. The summed E-state index contributed by atoms with van der Waals surface area (Å²) in [6.45, 7) is 5.81. The SMILES string of the molecule is CCC(CC)(C(=O)c1ccc(F)cc1C)N(C)C. The minimum atomic E-state index is -0.497. The van der Waals surface area contributed by atoms with Crippen LogP contribution in [0.5, 0.6) is 0 Å². The van der Waals surface area contributed by atoms with Gasteiger partial charge in [-0.2, -0.15) is 0 Å². The van der Waals surface area contributed by atoms with Crippen molar-refractivity contribution in [1.82, 2.24) is 4.90 Å². The zero-order valence-electron chi connectivity index (χ0n) is 11.9. The van der Waals surface area contributed by atoms with E-state index in [0.29, 0.717) is 11.1 Å². The molecular weight excluding hydrogens is 229 g/mol. The van der Waals surface area contributed by atoms with Crippen LogP contribution in [0.25, 0.3) is 0 Å². The van der Waals surface area contributed by atoms with Gasteiger partial charge in [-0.15, -0.1) is 0 Å². The molecule has 18 heavy (non-hydrogen) atoms. The van der Waals surface area contributed by atoms with Crippen molar-refractivity contribution in [3.05, 3.63) is 35.1 Å². The Morgan fingerprint density at radius 3 is 2.22 bits per heavy atom. The number of likely N-dealkylation sites (N-methyl/N-ethyl adjacent to an activating group) is 1. The van der Waals surface area contributed by atoms with Gasteiger partial charge in [0.2, 0.25) is 0 Å². The maximum atomic E-state index is 13.1. The number of carbonyl (C=O) groups is 1. The fourth-order valence-corrected chi connectivity index (χ4v) is 2.54. The molecule has 2 nitrogen and oxygen atoms in total. The largest absolute Gasteiger partial charge is 0.297 e. The van der Waals surface area contributed by atoms with Crippen LogP contribution in [-0.2, 0) is 0 Å². The maximum Gasteiger partial charge on any atom is 0.183 e. The van der Waals surface area contributed by atoms with E-state index in [0.717, 1.165) is 12.8 Å². The summed E-state index contributed by atoms with van der Waals surface area (Å²) in [5, 5.41) is 0. The lowest BCUT2D eigenvalue weighted by Crippen LogP contribution is -2.50. The molecular formula is C15H22FNO. The van der Waals surface area contributed by atoms with Gasteiger partial charge in [-0.05, 0) is 57.6 Å². The lowest BCUT2D eigenvalue weighted by molar-refractivity contribution is 0.0655. The Labute approximate surface area is 109 Å². The first-order valence-corrected chi connectivity index (χ1v) is 6.37. The van der Waals surface area contributed by atoms with Gasteiger partial charge < -0.3 is 0 Å². The molecule has 0 amide bonds. The zero-order valence-corrected chi connectivity index (χ0v) is 11.9. The van der Waals surface area contributed by atoms with Crippen molar-refractivity contribution in [3.63, 3.8) is 0 Å². The lowest BCUT2D eigenvalue weighted by atomic mass is 9.82. The summed E-state index contributed by atoms with van der Waals surface area (Å²) < 4.78 is 13.1. The van der Waals surface area contributed by atoms with Gasteiger partial charge in [0, 0.05) is 5.56 Å². The zero-order chi connectivity index (χ0) is 13.9. The molecule has 0 fully saturated rings. The highest BCUT2D eigenvalue weighted by atomic mass is 19.1.